The molecule has 18 heavy (non-hydrogen) atoms. The molecule has 0 unspecified atom stereocenters. The number of hydrogen-bond acceptors (Lipinski definition) is 3. The van der Waals surface area contributed by atoms with Gasteiger partial charge in [0.2, 0.25) is 11.8 Å². The summed E-state index contributed by atoms with van der Waals surface area (Å²) < 4.78 is 0. The van der Waals surface area contributed by atoms with E-state index in [1.807, 2.05) is 18.2 Å². The summed E-state index contributed by atoms with van der Waals surface area (Å²) in [5.74, 6) is 0.156. The first kappa shape index (κ1) is 12.5. The average Bonchev–Trinajstić information content (AvgIpc) is 2.40. The van der Waals surface area contributed by atoms with Gasteiger partial charge in [0, 0.05) is 45.0 Å². The number of aromatic nitrogens is 1. The molecule has 0 bridgehead atoms. The minimum Gasteiger partial charge on any atom is -0.339 e. The first-order valence-corrected chi connectivity index (χ1v) is 6.10. The van der Waals surface area contributed by atoms with E-state index >= 15 is 0 Å². The van der Waals surface area contributed by atoms with Gasteiger partial charge in [0.15, 0.2) is 0 Å². The highest BCUT2D eigenvalue weighted by Gasteiger charge is 2.22. The van der Waals surface area contributed by atoms with Gasteiger partial charge in [0.05, 0.1) is 6.42 Å². The number of nitrogens with zero attached hydrogens (tertiary/aromatic N) is 3. The van der Waals surface area contributed by atoms with Gasteiger partial charge in [-0.15, -0.1) is 0 Å². The van der Waals surface area contributed by atoms with Gasteiger partial charge in [-0.25, -0.2) is 0 Å². The molecule has 1 fully saturated rings. The summed E-state index contributed by atoms with van der Waals surface area (Å²) in [6.45, 7) is 4.05. The van der Waals surface area contributed by atoms with Crippen LogP contribution in [0.5, 0.6) is 0 Å². The van der Waals surface area contributed by atoms with Gasteiger partial charge < -0.3 is 9.80 Å². The SMILES string of the molecule is CC(=O)N1CCN(C(=O)Cc2ccccn2)CC1. The molecule has 2 heterocycles. The van der Waals surface area contributed by atoms with E-state index in [1.54, 1.807) is 22.9 Å². The van der Waals surface area contributed by atoms with Gasteiger partial charge in [-0.1, -0.05) is 6.07 Å². The van der Waals surface area contributed by atoms with E-state index in [9.17, 15) is 9.59 Å². The van der Waals surface area contributed by atoms with Crippen molar-refractivity contribution in [2.75, 3.05) is 26.2 Å². The summed E-state index contributed by atoms with van der Waals surface area (Å²) in [6, 6.07) is 5.56. The van der Waals surface area contributed by atoms with E-state index in [1.165, 1.54) is 0 Å². The molecule has 1 aliphatic rings. The predicted octanol–water partition coefficient (Wildman–Crippen LogP) is 0.315. The number of carbonyl (C=O) groups is 2. The summed E-state index contributed by atoms with van der Waals surface area (Å²) in [6.07, 6.45) is 2.03. The van der Waals surface area contributed by atoms with Crippen molar-refractivity contribution in [1.82, 2.24) is 14.8 Å². The molecule has 1 aliphatic heterocycles. The Morgan fingerprint density at radius 1 is 1.17 bits per heavy atom. The van der Waals surface area contributed by atoms with Crippen molar-refractivity contribution in [2.24, 2.45) is 0 Å². The maximum absolute atomic E-state index is 12.0. The number of hydrogen-bond donors (Lipinski definition) is 0. The molecule has 0 aliphatic carbocycles. The Hall–Kier alpha value is -1.91. The highest BCUT2D eigenvalue weighted by molar-refractivity contribution is 5.79. The van der Waals surface area contributed by atoms with Crippen LogP contribution in [0.4, 0.5) is 0 Å². The van der Waals surface area contributed by atoms with E-state index in [-0.39, 0.29) is 11.8 Å². The van der Waals surface area contributed by atoms with Crippen LogP contribution >= 0.6 is 0 Å². The van der Waals surface area contributed by atoms with Gasteiger partial charge in [-0.2, -0.15) is 0 Å². The highest BCUT2D eigenvalue weighted by Crippen LogP contribution is 2.05. The van der Waals surface area contributed by atoms with E-state index in [0.717, 1.165) is 5.69 Å². The van der Waals surface area contributed by atoms with Gasteiger partial charge >= 0.3 is 0 Å². The fraction of sp³-hybridized carbons (Fsp3) is 0.462. The number of carbonyl (C=O) groups excluding carboxylic acids is 2. The molecule has 0 spiro atoms. The quantitative estimate of drug-likeness (QED) is 0.756. The zero-order valence-electron chi connectivity index (χ0n) is 10.5. The zero-order valence-corrected chi connectivity index (χ0v) is 10.5. The fourth-order valence-electron chi connectivity index (χ4n) is 2.04. The first-order valence-electron chi connectivity index (χ1n) is 6.10. The van der Waals surface area contributed by atoms with Crippen LogP contribution in [0.2, 0.25) is 0 Å². The highest BCUT2D eigenvalue weighted by atomic mass is 16.2. The third-order valence-corrected chi connectivity index (χ3v) is 3.14. The third-order valence-electron chi connectivity index (χ3n) is 3.14. The monoisotopic (exact) mass is 247 g/mol. The molecule has 0 aromatic carbocycles. The van der Waals surface area contributed by atoms with Crippen LogP contribution in [0, 0.1) is 0 Å². The normalized spacial score (nSPS) is 15.6. The molecule has 1 aromatic rings. The topological polar surface area (TPSA) is 53.5 Å². The van der Waals surface area contributed by atoms with E-state index in [4.69, 9.17) is 0 Å². The maximum atomic E-state index is 12.0. The number of pyridine rings is 1. The van der Waals surface area contributed by atoms with Crippen molar-refractivity contribution < 1.29 is 9.59 Å². The molecule has 96 valence electrons. The molecule has 1 aromatic heterocycles. The summed E-state index contributed by atoms with van der Waals surface area (Å²) >= 11 is 0. The molecule has 0 radical (unpaired) electrons. The van der Waals surface area contributed by atoms with Crippen LogP contribution in [0.15, 0.2) is 24.4 Å². The van der Waals surface area contributed by atoms with Crippen LogP contribution < -0.4 is 0 Å². The Kier molecular flexibility index (Phi) is 3.92. The smallest absolute Gasteiger partial charge is 0.228 e. The van der Waals surface area contributed by atoms with Crippen LogP contribution in [0.3, 0.4) is 0 Å². The van der Waals surface area contributed by atoms with Gasteiger partial charge in [0.25, 0.3) is 0 Å². The standard InChI is InChI=1S/C13H17N3O2/c1-11(17)15-6-8-16(9-7-15)13(18)10-12-4-2-3-5-14-12/h2-5H,6-10H2,1H3. The van der Waals surface area contributed by atoms with E-state index in [0.29, 0.717) is 32.6 Å². The Morgan fingerprint density at radius 2 is 1.83 bits per heavy atom. The largest absolute Gasteiger partial charge is 0.339 e. The van der Waals surface area contributed by atoms with Crippen molar-refractivity contribution in [3.63, 3.8) is 0 Å². The minimum absolute atomic E-state index is 0.0758. The first-order chi connectivity index (χ1) is 8.66. The van der Waals surface area contributed by atoms with Gasteiger partial charge in [0.1, 0.15) is 0 Å². The fourth-order valence-corrected chi connectivity index (χ4v) is 2.04. The summed E-state index contributed by atoms with van der Waals surface area (Å²) in [4.78, 5) is 30.9. The lowest BCUT2D eigenvalue weighted by Crippen LogP contribution is -2.50. The Labute approximate surface area is 106 Å². The van der Waals surface area contributed by atoms with E-state index < -0.39 is 0 Å². The lowest BCUT2D eigenvalue weighted by molar-refractivity contribution is -0.138. The average molecular weight is 247 g/mol. The van der Waals surface area contributed by atoms with E-state index in [2.05, 4.69) is 4.98 Å². The number of amides is 2. The van der Waals surface area contributed by atoms with Gasteiger partial charge in [-0.3, -0.25) is 14.6 Å². The summed E-state index contributed by atoms with van der Waals surface area (Å²) in [5, 5.41) is 0. The Bertz CT molecular complexity index is 425. The lowest BCUT2D eigenvalue weighted by atomic mass is 10.2. The van der Waals surface area contributed by atoms with Crippen LogP contribution in [-0.4, -0.2) is 52.8 Å². The van der Waals surface area contributed by atoms with Crippen molar-refractivity contribution in [3.05, 3.63) is 30.1 Å². The van der Waals surface area contributed by atoms with Crippen molar-refractivity contribution in [2.45, 2.75) is 13.3 Å². The molecule has 1 saturated heterocycles. The molecule has 0 saturated carbocycles. The zero-order chi connectivity index (χ0) is 13.0. The second-order valence-corrected chi connectivity index (χ2v) is 4.38. The van der Waals surface area contributed by atoms with Crippen LogP contribution in [-0.2, 0) is 16.0 Å². The molecular formula is C13H17N3O2. The Balaban J connectivity index is 1.86. The lowest BCUT2D eigenvalue weighted by Gasteiger charge is -2.34. The van der Waals surface area contributed by atoms with Crippen molar-refractivity contribution in [3.8, 4) is 0 Å². The summed E-state index contributed by atoms with van der Waals surface area (Å²) in [7, 11) is 0. The van der Waals surface area contributed by atoms with Crippen LogP contribution in [0.1, 0.15) is 12.6 Å². The molecule has 5 heteroatoms. The third kappa shape index (κ3) is 3.06. The van der Waals surface area contributed by atoms with Crippen molar-refractivity contribution >= 4 is 11.8 Å². The molecule has 0 N–H and O–H groups in total. The number of rotatable bonds is 2. The molecule has 2 rings (SSSR count). The second kappa shape index (κ2) is 5.62. The molecule has 5 nitrogen and oxygen atoms in total. The van der Waals surface area contributed by atoms with Crippen molar-refractivity contribution in [1.29, 1.82) is 0 Å². The second-order valence-electron chi connectivity index (χ2n) is 4.38. The molecule has 2 amide bonds. The number of piperazine rings is 1. The molecule has 0 atom stereocenters. The maximum Gasteiger partial charge on any atom is 0.228 e. The van der Waals surface area contributed by atoms with Gasteiger partial charge in [-0.05, 0) is 12.1 Å². The minimum atomic E-state index is 0.0758. The Morgan fingerprint density at radius 3 is 2.39 bits per heavy atom. The summed E-state index contributed by atoms with van der Waals surface area (Å²) in [5.41, 5.74) is 0.788. The molecular weight excluding hydrogens is 230 g/mol. The van der Waals surface area contributed by atoms with Crippen LogP contribution in [0.25, 0.3) is 0 Å². The predicted molar refractivity (Wildman–Crippen MR) is 66.8 cm³/mol.